The Labute approximate surface area is 175 Å². The van der Waals surface area contributed by atoms with Crippen molar-refractivity contribution in [1.82, 2.24) is 15.3 Å². The molecule has 1 aromatic heterocycles. The van der Waals surface area contributed by atoms with Gasteiger partial charge in [-0.3, -0.25) is 4.79 Å². The number of benzene rings is 2. The number of hydrogen-bond acceptors (Lipinski definition) is 5. The van der Waals surface area contributed by atoms with E-state index in [0.29, 0.717) is 19.0 Å². The van der Waals surface area contributed by atoms with Crippen LogP contribution in [0.1, 0.15) is 36.8 Å². The van der Waals surface area contributed by atoms with Crippen molar-refractivity contribution in [3.8, 4) is 11.5 Å². The van der Waals surface area contributed by atoms with Crippen molar-refractivity contribution in [2.75, 3.05) is 19.8 Å². The summed E-state index contributed by atoms with van der Waals surface area (Å²) in [5.74, 6) is 2.19. The quantitative estimate of drug-likeness (QED) is 0.622. The van der Waals surface area contributed by atoms with Crippen LogP contribution in [0.4, 0.5) is 0 Å². The van der Waals surface area contributed by atoms with E-state index in [9.17, 15) is 4.79 Å². The van der Waals surface area contributed by atoms with Crippen LogP contribution in [0.3, 0.4) is 0 Å². The highest BCUT2D eigenvalue weighted by Gasteiger charge is 2.21. The number of nitrogens with one attached hydrogen (secondary N) is 2. The number of amides is 1. The third-order valence-corrected chi connectivity index (χ3v) is 5.07. The molecule has 4 rings (SSSR count). The molecule has 7 heteroatoms. The van der Waals surface area contributed by atoms with Gasteiger partial charge in [0.15, 0.2) is 11.5 Å². The van der Waals surface area contributed by atoms with E-state index in [1.165, 1.54) is 0 Å². The fraction of sp³-hybridized carbons (Fsp3) is 0.391. The van der Waals surface area contributed by atoms with E-state index in [2.05, 4.69) is 29.1 Å². The average molecular weight is 409 g/mol. The van der Waals surface area contributed by atoms with Crippen LogP contribution in [0.15, 0.2) is 36.4 Å². The highest BCUT2D eigenvalue weighted by Crippen LogP contribution is 2.34. The van der Waals surface area contributed by atoms with Crippen molar-refractivity contribution in [3.63, 3.8) is 0 Å². The summed E-state index contributed by atoms with van der Waals surface area (Å²) < 4.78 is 16.9. The van der Waals surface area contributed by atoms with Crippen LogP contribution in [0.2, 0.25) is 0 Å². The van der Waals surface area contributed by atoms with E-state index in [4.69, 9.17) is 14.2 Å². The summed E-state index contributed by atoms with van der Waals surface area (Å²) in [4.78, 5) is 20.2. The molecule has 0 aliphatic carbocycles. The minimum atomic E-state index is -0.171. The summed E-state index contributed by atoms with van der Waals surface area (Å²) in [5.41, 5.74) is 4.01. The maximum atomic E-state index is 12.5. The Morgan fingerprint density at radius 3 is 2.77 bits per heavy atom. The van der Waals surface area contributed by atoms with Crippen molar-refractivity contribution in [1.29, 1.82) is 0 Å². The summed E-state index contributed by atoms with van der Waals surface area (Å²) in [6.45, 7) is 7.47. The number of aryl methyl sites for hydroxylation is 1. The third kappa shape index (κ3) is 4.57. The van der Waals surface area contributed by atoms with Crippen LogP contribution < -0.4 is 14.8 Å². The number of hydrogen-bond donors (Lipinski definition) is 2. The predicted octanol–water partition coefficient (Wildman–Crippen LogP) is 3.67. The fourth-order valence-corrected chi connectivity index (χ4v) is 3.59. The Morgan fingerprint density at radius 1 is 1.17 bits per heavy atom. The first-order chi connectivity index (χ1) is 14.5. The lowest BCUT2D eigenvalue weighted by Gasteiger charge is -2.25. The van der Waals surface area contributed by atoms with Gasteiger partial charge < -0.3 is 24.5 Å². The predicted molar refractivity (Wildman–Crippen MR) is 114 cm³/mol. The van der Waals surface area contributed by atoms with Crippen LogP contribution >= 0.6 is 0 Å². The fourth-order valence-electron chi connectivity index (χ4n) is 3.59. The van der Waals surface area contributed by atoms with E-state index in [-0.39, 0.29) is 31.1 Å². The molecule has 1 atom stereocenters. The van der Waals surface area contributed by atoms with Crippen LogP contribution in [0, 0.1) is 12.8 Å². The zero-order valence-electron chi connectivity index (χ0n) is 17.5. The number of rotatable bonds is 7. The molecule has 1 aliphatic heterocycles. The molecule has 0 bridgehead atoms. The minimum Gasteiger partial charge on any atom is -0.486 e. The molecule has 2 heterocycles. The van der Waals surface area contributed by atoms with E-state index >= 15 is 0 Å². The largest absolute Gasteiger partial charge is 0.486 e. The molecule has 30 heavy (non-hydrogen) atoms. The molecule has 2 N–H and O–H groups in total. The van der Waals surface area contributed by atoms with Gasteiger partial charge in [0.05, 0.1) is 17.1 Å². The average Bonchev–Trinajstić information content (AvgIpc) is 3.13. The summed E-state index contributed by atoms with van der Waals surface area (Å²) >= 11 is 0. The lowest BCUT2D eigenvalue weighted by Crippen LogP contribution is -2.34. The molecule has 158 valence electrons. The molecule has 0 fully saturated rings. The molecular formula is C23H27N3O4. The Bertz CT molecular complexity index is 1040. The highest BCUT2D eigenvalue weighted by atomic mass is 16.6. The molecular weight excluding hydrogens is 382 g/mol. The van der Waals surface area contributed by atoms with Gasteiger partial charge in [-0.25, -0.2) is 4.98 Å². The summed E-state index contributed by atoms with van der Waals surface area (Å²) in [5, 5.41) is 3.07. The zero-order chi connectivity index (χ0) is 21.1. The smallest absolute Gasteiger partial charge is 0.246 e. The summed E-state index contributed by atoms with van der Waals surface area (Å²) in [6, 6.07) is 11.7. The van der Waals surface area contributed by atoms with Gasteiger partial charge in [-0.05, 0) is 48.2 Å². The maximum absolute atomic E-state index is 12.5. The van der Waals surface area contributed by atoms with Crippen LogP contribution in [-0.2, 0) is 16.1 Å². The van der Waals surface area contributed by atoms with Crippen molar-refractivity contribution < 1.29 is 19.0 Å². The Kier molecular flexibility index (Phi) is 5.90. The number of ether oxygens (including phenoxy) is 3. The Morgan fingerprint density at radius 2 is 1.97 bits per heavy atom. The first kappa shape index (κ1) is 20.2. The van der Waals surface area contributed by atoms with E-state index in [1.54, 1.807) is 0 Å². The SMILES string of the molecule is Cc1ccc2nc(COCC(=O)NC(c3ccc4c(c3)OCCO4)C(C)C)[nH]c2c1. The van der Waals surface area contributed by atoms with E-state index in [1.807, 2.05) is 43.3 Å². The van der Waals surface area contributed by atoms with Gasteiger partial charge in [0, 0.05) is 0 Å². The monoisotopic (exact) mass is 409 g/mol. The summed E-state index contributed by atoms with van der Waals surface area (Å²) in [7, 11) is 0. The van der Waals surface area contributed by atoms with Gasteiger partial charge in [-0.15, -0.1) is 0 Å². The van der Waals surface area contributed by atoms with Gasteiger partial charge >= 0.3 is 0 Å². The van der Waals surface area contributed by atoms with Gasteiger partial charge in [0.25, 0.3) is 0 Å². The number of fused-ring (bicyclic) bond motifs is 2. The van der Waals surface area contributed by atoms with Gasteiger partial charge in [0.1, 0.15) is 32.3 Å². The number of aromatic amines is 1. The number of H-pyrrole nitrogens is 1. The maximum Gasteiger partial charge on any atom is 0.246 e. The number of carbonyl (C=O) groups excluding carboxylic acids is 1. The third-order valence-electron chi connectivity index (χ3n) is 5.07. The molecule has 1 aliphatic rings. The van der Waals surface area contributed by atoms with Crippen LogP contribution in [0.5, 0.6) is 11.5 Å². The number of aromatic nitrogens is 2. The topological polar surface area (TPSA) is 85.5 Å². The first-order valence-electron chi connectivity index (χ1n) is 10.2. The highest BCUT2D eigenvalue weighted by molar-refractivity contribution is 5.78. The Hall–Kier alpha value is -3.06. The zero-order valence-corrected chi connectivity index (χ0v) is 17.5. The van der Waals surface area contributed by atoms with Gasteiger partial charge in [0.2, 0.25) is 5.91 Å². The van der Waals surface area contributed by atoms with Crippen molar-refractivity contribution >= 4 is 16.9 Å². The first-order valence-corrected chi connectivity index (χ1v) is 10.2. The summed E-state index contributed by atoms with van der Waals surface area (Å²) in [6.07, 6.45) is 0. The molecule has 3 aromatic rings. The van der Waals surface area contributed by atoms with E-state index in [0.717, 1.165) is 33.7 Å². The van der Waals surface area contributed by atoms with E-state index < -0.39 is 0 Å². The number of carbonyl (C=O) groups is 1. The minimum absolute atomic E-state index is 0.0379. The standard InChI is InChI=1S/C23H27N3O4/c1-14(2)23(16-5-7-19-20(11-16)30-9-8-29-19)26-22(27)13-28-12-21-24-17-6-4-15(3)10-18(17)25-21/h4-7,10-11,14,23H,8-9,12-13H2,1-3H3,(H,24,25)(H,26,27). The Balaban J connectivity index is 1.35. The van der Waals surface area contributed by atoms with Crippen LogP contribution in [0.25, 0.3) is 11.0 Å². The van der Waals surface area contributed by atoms with Gasteiger partial charge in [-0.2, -0.15) is 0 Å². The van der Waals surface area contributed by atoms with Crippen molar-refractivity contribution in [2.24, 2.45) is 5.92 Å². The lowest BCUT2D eigenvalue weighted by molar-refractivity contribution is -0.127. The molecule has 7 nitrogen and oxygen atoms in total. The molecule has 0 radical (unpaired) electrons. The molecule has 0 saturated heterocycles. The van der Waals surface area contributed by atoms with Crippen molar-refractivity contribution in [3.05, 3.63) is 53.3 Å². The lowest BCUT2D eigenvalue weighted by atomic mass is 9.95. The number of nitrogens with zero attached hydrogens (tertiary/aromatic N) is 1. The second-order valence-corrected chi connectivity index (χ2v) is 7.89. The number of imidazole rings is 1. The van der Waals surface area contributed by atoms with Crippen molar-refractivity contribution in [2.45, 2.75) is 33.4 Å². The van der Waals surface area contributed by atoms with Gasteiger partial charge in [-0.1, -0.05) is 26.0 Å². The molecule has 1 amide bonds. The molecule has 2 aromatic carbocycles. The van der Waals surface area contributed by atoms with Crippen LogP contribution in [-0.4, -0.2) is 35.7 Å². The molecule has 1 unspecified atom stereocenters. The molecule has 0 spiro atoms. The molecule has 0 saturated carbocycles. The second-order valence-electron chi connectivity index (χ2n) is 7.89. The second kappa shape index (κ2) is 8.75. The normalized spacial score (nSPS) is 14.1.